The Morgan fingerprint density at radius 1 is 1.03 bits per heavy atom. The molecule has 0 atom stereocenters. The molecule has 0 saturated heterocycles. The zero-order valence-electron chi connectivity index (χ0n) is 16.7. The highest BCUT2D eigenvalue weighted by atomic mass is 16.2. The molecule has 0 radical (unpaired) electrons. The van der Waals surface area contributed by atoms with E-state index >= 15 is 0 Å². The van der Waals surface area contributed by atoms with E-state index in [-0.39, 0.29) is 5.91 Å². The van der Waals surface area contributed by atoms with Crippen molar-refractivity contribution in [2.45, 2.75) is 19.8 Å². The lowest BCUT2D eigenvalue weighted by Crippen LogP contribution is -2.18. The number of nitrogens with zero attached hydrogens (tertiary/aromatic N) is 3. The van der Waals surface area contributed by atoms with Gasteiger partial charge in [-0.3, -0.25) is 9.78 Å². The highest BCUT2D eigenvalue weighted by Crippen LogP contribution is 2.25. The topological polar surface area (TPSA) is 67.2 Å². The van der Waals surface area contributed by atoms with Gasteiger partial charge in [0.15, 0.2) is 0 Å². The van der Waals surface area contributed by atoms with Gasteiger partial charge in [-0.15, -0.1) is 0 Å². The molecule has 5 heteroatoms. The normalized spacial score (nSPS) is 11.1. The van der Waals surface area contributed by atoms with Crippen LogP contribution >= 0.6 is 0 Å². The molecule has 30 heavy (non-hydrogen) atoms. The smallest absolute Gasteiger partial charge is 0.267 e. The van der Waals surface area contributed by atoms with Crippen LogP contribution in [0, 0.1) is 0 Å². The van der Waals surface area contributed by atoms with Crippen molar-refractivity contribution in [1.82, 2.24) is 15.4 Å². The molecule has 0 aliphatic heterocycles. The predicted molar refractivity (Wildman–Crippen MR) is 120 cm³/mol. The predicted octanol–water partition coefficient (Wildman–Crippen LogP) is 5.01. The molecule has 0 unspecified atom stereocenters. The molecule has 2 aromatic heterocycles. The SMILES string of the molecule is CCCc1ccc(-c2cc(C(=O)N/N=C/c3ccncc3)c3ccccc3n2)cc1. The summed E-state index contributed by atoms with van der Waals surface area (Å²) in [6.07, 6.45) is 7.11. The number of hydrazone groups is 1. The van der Waals surface area contributed by atoms with Crippen LogP contribution in [-0.4, -0.2) is 22.1 Å². The third kappa shape index (κ3) is 4.41. The molecule has 0 bridgehead atoms. The lowest BCUT2D eigenvalue weighted by molar-refractivity contribution is 0.0956. The van der Waals surface area contributed by atoms with Gasteiger partial charge in [0.25, 0.3) is 5.91 Å². The molecule has 1 N–H and O–H groups in total. The maximum atomic E-state index is 12.9. The minimum absolute atomic E-state index is 0.275. The Kier molecular flexibility index (Phi) is 5.90. The molecular formula is C25H22N4O. The Hall–Kier alpha value is -3.86. The summed E-state index contributed by atoms with van der Waals surface area (Å²) in [5.74, 6) is -0.275. The van der Waals surface area contributed by atoms with E-state index < -0.39 is 0 Å². The molecule has 0 aliphatic rings. The van der Waals surface area contributed by atoms with E-state index in [4.69, 9.17) is 4.98 Å². The van der Waals surface area contributed by atoms with E-state index in [1.807, 2.05) is 42.5 Å². The van der Waals surface area contributed by atoms with Crippen molar-refractivity contribution >= 4 is 23.0 Å². The van der Waals surface area contributed by atoms with Crippen molar-refractivity contribution in [3.63, 3.8) is 0 Å². The van der Waals surface area contributed by atoms with Crippen molar-refractivity contribution < 1.29 is 4.79 Å². The molecule has 4 aromatic rings. The van der Waals surface area contributed by atoms with Crippen molar-refractivity contribution in [3.05, 3.63) is 95.8 Å². The van der Waals surface area contributed by atoms with E-state index in [0.29, 0.717) is 5.56 Å². The van der Waals surface area contributed by atoms with Crippen LogP contribution in [-0.2, 0) is 6.42 Å². The number of hydrogen-bond acceptors (Lipinski definition) is 4. The lowest BCUT2D eigenvalue weighted by Gasteiger charge is -2.09. The number of benzene rings is 2. The summed E-state index contributed by atoms with van der Waals surface area (Å²) in [4.78, 5) is 21.6. The van der Waals surface area contributed by atoms with E-state index in [0.717, 1.165) is 40.6 Å². The van der Waals surface area contributed by atoms with Gasteiger partial charge in [-0.25, -0.2) is 10.4 Å². The Bertz CT molecular complexity index is 1180. The fraction of sp³-hybridized carbons (Fsp3) is 0.120. The summed E-state index contributed by atoms with van der Waals surface area (Å²) < 4.78 is 0. The molecule has 2 aromatic carbocycles. The summed E-state index contributed by atoms with van der Waals surface area (Å²) in [6, 6.07) is 21.5. The molecule has 4 rings (SSSR count). The zero-order chi connectivity index (χ0) is 20.8. The van der Waals surface area contributed by atoms with Crippen molar-refractivity contribution in [3.8, 4) is 11.3 Å². The first-order valence-corrected chi connectivity index (χ1v) is 9.97. The molecule has 0 saturated carbocycles. The highest BCUT2D eigenvalue weighted by molar-refractivity contribution is 6.07. The quantitative estimate of drug-likeness (QED) is 0.369. The van der Waals surface area contributed by atoms with Gasteiger partial charge in [-0.1, -0.05) is 55.8 Å². The zero-order valence-corrected chi connectivity index (χ0v) is 16.7. The van der Waals surface area contributed by atoms with E-state index in [1.54, 1.807) is 18.6 Å². The van der Waals surface area contributed by atoms with Gasteiger partial charge in [0.05, 0.1) is 23.0 Å². The van der Waals surface area contributed by atoms with Gasteiger partial charge in [0, 0.05) is 23.3 Å². The van der Waals surface area contributed by atoms with Crippen LogP contribution in [0.15, 0.2) is 84.2 Å². The molecule has 0 fully saturated rings. The molecule has 1 amide bonds. The van der Waals surface area contributed by atoms with Gasteiger partial charge < -0.3 is 0 Å². The summed E-state index contributed by atoms with van der Waals surface area (Å²) in [6.45, 7) is 2.17. The van der Waals surface area contributed by atoms with Crippen LogP contribution in [0.3, 0.4) is 0 Å². The Labute approximate surface area is 175 Å². The number of para-hydroxylation sites is 1. The number of carbonyl (C=O) groups is 1. The van der Waals surface area contributed by atoms with Crippen molar-refractivity contribution in [1.29, 1.82) is 0 Å². The average molecular weight is 394 g/mol. The van der Waals surface area contributed by atoms with Gasteiger partial charge in [0.2, 0.25) is 0 Å². The minimum Gasteiger partial charge on any atom is -0.267 e. The maximum Gasteiger partial charge on any atom is 0.272 e. The fourth-order valence-electron chi connectivity index (χ4n) is 3.32. The summed E-state index contributed by atoms with van der Waals surface area (Å²) in [5, 5.41) is 4.88. The van der Waals surface area contributed by atoms with Crippen LogP contribution < -0.4 is 5.43 Å². The summed E-state index contributed by atoms with van der Waals surface area (Å²) >= 11 is 0. The number of aryl methyl sites for hydroxylation is 1. The number of aromatic nitrogens is 2. The van der Waals surface area contributed by atoms with Gasteiger partial charge in [-0.2, -0.15) is 5.10 Å². The second-order valence-electron chi connectivity index (χ2n) is 7.00. The molecule has 148 valence electrons. The number of fused-ring (bicyclic) bond motifs is 1. The van der Waals surface area contributed by atoms with Crippen LogP contribution in [0.5, 0.6) is 0 Å². The number of nitrogens with one attached hydrogen (secondary N) is 1. The molecule has 5 nitrogen and oxygen atoms in total. The van der Waals surface area contributed by atoms with Crippen molar-refractivity contribution in [2.24, 2.45) is 5.10 Å². The van der Waals surface area contributed by atoms with Crippen LogP contribution in [0.1, 0.15) is 34.8 Å². The molecule has 0 aliphatic carbocycles. The molecule has 2 heterocycles. The van der Waals surface area contributed by atoms with Crippen LogP contribution in [0.2, 0.25) is 0 Å². The summed E-state index contributed by atoms with van der Waals surface area (Å²) in [7, 11) is 0. The number of carbonyl (C=O) groups excluding carboxylic acids is 1. The van der Waals surface area contributed by atoms with E-state index in [2.05, 4.69) is 46.7 Å². The second kappa shape index (κ2) is 9.09. The van der Waals surface area contributed by atoms with Gasteiger partial charge in [-0.05, 0) is 41.8 Å². The summed E-state index contributed by atoms with van der Waals surface area (Å²) in [5.41, 5.74) is 7.84. The second-order valence-corrected chi connectivity index (χ2v) is 7.00. The largest absolute Gasteiger partial charge is 0.272 e. The number of amides is 1. The number of rotatable bonds is 6. The lowest BCUT2D eigenvalue weighted by atomic mass is 10.0. The van der Waals surface area contributed by atoms with Crippen LogP contribution in [0.25, 0.3) is 22.2 Å². The number of hydrogen-bond donors (Lipinski definition) is 1. The fourth-order valence-corrected chi connectivity index (χ4v) is 3.32. The first-order valence-electron chi connectivity index (χ1n) is 9.97. The molecule has 0 spiro atoms. The standard InChI is InChI=1S/C25H22N4O/c1-2-5-18-8-10-20(11-9-18)24-16-22(21-6-3-4-7-23(21)28-24)25(30)29-27-17-19-12-14-26-15-13-19/h3-4,6-17H,2,5H2,1H3,(H,29,30)/b27-17+. The van der Waals surface area contributed by atoms with E-state index in [1.165, 1.54) is 5.56 Å². The Morgan fingerprint density at radius 3 is 2.57 bits per heavy atom. The number of pyridine rings is 2. The highest BCUT2D eigenvalue weighted by Gasteiger charge is 2.13. The average Bonchev–Trinajstić information content (AvgIpc) is 2.80. The van der Waals surface area contributed by atoms with Crippen molar-refractivity contribution in [2.75, 3.05) is 0 Å². The Morgan fingerprint density at radius 2 is 1.80 bits per heavy atom. The van der Waals surface area contributed by atoms with Gasteiger partial charge >= 0.3 is 0 Å². The molecular weight excluding hydrogens is 372 g/mol. The van der Waals surface area contributed by atoms with Crippen LogP contribution in [0.4, 0.5) is 0 Å². The third-order valence-corrected chi connectivity index (χ3v) is 4.84. The minimum atomic E-state index is -0.275. The monoisotopic (exact) mass is 394 g/mol. The first-order chi connectivity index (χ1) is 14.7. The Balaban J connectivity index is 1.66. The van der Waals surface area contributed by atoms with E-state index in [9.17, 15) is 4.79 Å². The third-order valence-electron chi connectivity index (χ3n) is 4.84. The maximum absolute atomic E-state index is 12.9. The van der Waals surface area contributed by atoms with Gasteiger partial charge in [0.1, 0.15) is 0 Å². The first kappa shape index (κ1) is 19.5.